The Kier molecular flexibility index (Phi) is 2.33. The number of nitrogens with zero attached hydrogens (tertiary/aromatic N) is 6. The quantitative estimate of drug-likeness (QED) is 0.799. The molecule has 1 amide bonds. The molecule has 2 aromatic heterocycles. The lowest BCUT2D eigenvalue weighted by Crippen LogP contribution is -2.19. The summed E-state index contributed by atoms with van der Waals surface area (Å²) in [5.41, 5.74) is 1.42. The molecule has 0 aliphatic carbocycles. The van der Waals surface area contributed by atoms with Gasteiger partial charge in [-0.25, -0.2) is 0 Å². The molecular weight excluding hydrogens is 240 g/mol. The van der Waals surface area contributed by atoms with Crippen molar-refractivity contribution in [2.24, 2.45) is 10.2 Å². The van der Waals surface area contributed by atoms with Crippen LogP contribution in [0.15, 0.2) is 39.6 Å². The summed E-state index contributed by atoms with van der Waals surface area (Å²) in [7, 11) is 0. The van der Waals surface area contributed by atoms with Crippen molar-refractivity contribution in [3.8, 4) is 0 Å². The molecule has 0 N–H and O–H groups in total. The predicted molar refractivity (Wildman–Crippen MR) is 59.0 cm³/mol. The van der Waals surface area contributed by atoms with Crippen molar-refractivity contribution in [3.05, 3.63) is 34.9 Å². The molecular formula is C9H6N6OS. The van der Waals surface area contributed by atoms with Crippen LogP contribution in [0.3, 0.4) is 0 Å². The van der Waals surface area contributed by atoms with Crippen molar-refractivity contribution < 1.29 is 4.79 Å². The molecule has 0 saturated heterocycles. The monoisotopic (exact) mass is 246 g/mol. The Morgan fingerprint density at radius 1 is 1.41 bits per heavy atom. The smallest absolute Gasteiger partial charge is 0.270 e. The molecule has 1 unspecified atom stereocenters. The van der Waals surface area contributed by atoms with E-state index in [0.717, 1.165) is 5.56 Å². The summed E-state index contributed by atoms with van der Waals surface area (Å²) >= 11 is 1.52. The molecule has 0 bridgehead atoms. The second-order valence-electron chi connectivity index (χ2n) is 3.32. The molecule has 0 radical (unpaired) electrons. The highest BCUT2D eigenvalue weighted by Crippen LogP contribution is 2.32. The van der Waals surface area contributed by atoms with Crippen LogP contribution in [0.5, 0.6) is 0 Å². The third-order valence-electron chi connectivity index (χ3n) is 2.35. The van der Waals surface area contributed by atoms with Gasteiger partial charge in [0.1, 0.15) is 11.6 Å². The lowest BCUT2D eigenvalue weighted by Gasteiger charge is -2.15. The molecule has 0 aromatic carbocycles. The Balaban J connectivity index is 2.08. The van der Waals surface area contributed by atoms with Gasteiger partial charge in [0.25, 0.3) is 5.91 Å². The standard InChI is InChI=1S/C9H6N6OS/c16-9-8(6-1-2-17-4-6)7(3-10-13-9)15-12-5-11-14-15/h1-5,8H. The van der Waals surface area contributed by atoms with Crippen molar-refractivity contribution in [2.45, 2.75) is 5.92 Å². The van der Waals surface area contributed by atoms with E-state index in [1.54, 1.807) is 0 Å². The van der Waals surface area contributed by atoms with E-state index < -0.39 is 5.92 Å². The highest BCUT2D eigenvalue weighted by molar-refractivity contribution is 7.08. The van der Waals surface area contributed by atoms with E-state index in [4.69, 9.17) is 0 Å². The maximum absolute atomic E-state index is 11.8. The number of hydrogen-bond acceptors (Lipinski definition) is 6. The number of azo groups is 1. The third kappa shape index (κ3) is 1.68. The van der Waals surface area contributed by atoms with Gasteiger partial charge in [0.05, 0.1) is 6.20 Å². The molecule has 7 nitrogen and oxygen atoms in total. The second kappa shape index (κ2) is 3.98. The van der Waals surface area contributed by atoms with Gasteiger partial charge in [-0.05, 0) is 27.6 Å². The van der Waals surface area contributed by atoms with Crippen LogP contribution in [0.25, 0.3) is 5.70 Å². The van der Waals surface area contributed by atoms with E-state index >= 15 is 0 Å². The van der Waals surface area contributed by atoms with Gasteiger partial charge in [-0.15, -0.1) is 20.1 Å². The normalized spacial score (nSPS) is 19.4. The number of tetrazole rings is 1. The Morgan fingerprint density at radius 2 is 2.35 bits per heavy atom. The van der Waals surface area contributed by atoms with Crippen LogP contribution < -0.4 is 0 Å². The fraction of sp³-hybridized carbons (Fsp3) is 0.111. The third-order valence-corrected chi connectivity index (χ3v) is 3.05. The van der Waals surface area contributed by atoms with E-state index in [2.05, 4.69) is 25.6 Å². The summed E-state index contributed by atoms with van der Waals surface area (Å²) in [5, 5.41) is 22.3. The number of carbonyl (C=O) groups is 1. The van der Waals surface area contributed by atoms with Crippen molar-refractivity contribution in [2.75, 3.05) is 0 Å². The minimum Gasteiger partial charge on any atom is -0.270 e. The molecule has 1 aliphatic rings. The first-order valence-corrected chi connectivity index (χ1v) is 5.71. The van der Waals surface area contributed by atoms with Gasteiger partial charge in [-0.2, -0.15) is 16.5 Å². The van der Waals surface area contributed by atoms with Crippen molar-refractivity contribution in [1.29, 1.82) is 0 Å². The molecule has 1 aliphatic heterocycles. The molecule has 2 aromatic rings. The highest BCUT2D eigenvalue weighted by atomic mass is 32.1. The minimum absolute atomic E-state index is 0.321. The van der Waals surface area contributed by atoms with E-state index in [1.807, 2.05) is 16.8 Å². The van der Waals surface area contributed by atoms with Gasteiger partial charge in [-0.1, -0.05) is 0 Å². The van der Waals surface area contributed by atoms with Crippen LogP contribution in [0.2, 0.25) is 0 Å². The SMILES string of the molecule is O=C1N=NC=C(n2ncnn2)C1c1ccsc1. The molecule has 84 valence electrons. The molecule has 0 spiro atoms. The van der Waals surface area contributed by atoms with Crippen LogP contribution in [-0.4, -0.2) is 26.1 Å². The van der Waals surface area contributed by atoms with Crippen LogP contribution >= 0.6 is 11.3 Å². The minimum atomic E-state index is -0.507. The number of amides is 1. The van der Waals surface area contributed by atoms with Crippen LogP contribution in [-0.2, 0) is 4.79 Å². The largest absolute Gasteiger partial charge is 0.278 e. The zero-order valence-electron chi connectivity index (χ0n) is 8.46. The first-order valence-electron chi connectivity index (χ1n) is 4.76. The van der Waals surface area contributed by atoms with Crippen LogP contribution in [0.4, 0.5) is 0 Å². The summed E-state index contributed by atoms with van der Waals surface area (Å²) in [6.07, 6.45) is 2.78. The van der Waals surface area contributed by atoms with E-state index in [0.29, 0.717) is 5.70 Å². The van der Waals surface area contributed by atoms with Gasteiger partial charge in [-0.3, -0.25) is 4.79 Å². The summed E-state index contributed by atoms with van der Waals surface area (Å²) in [6.45, 7) is 0. The zero-order chi connectivity index (χ0) is 11.7. The van der Waals surface area contributed by atoms with Crippen molar-refractivity contribution in [1.82, 2.24) is 20.2 Å². The predicted octanol–water partition coefficient (Wildman–Crippen LogP) is 1.31. The number of aromatic nitrogens is 4. The highest BCUT2D eigenvalue weighted by Gasteiger charge is 2.30. The average Bonchev–Trinajstić information content (AvgIpc) is 3.02. The molecule has 3 rings (SSSR count). The van der Waals surface area contributed by atoms with Crippen molar-refractivity contribution >= 4 is 22.9 Å². The topological polar surface area (TPSA) is 85.4 Å². The Morgan fingerprint density at radius 3 is 3.06 bits per heavy atom. The first-order chi connectivity index (χ1) is 8.36. The van der Waals surface area contributed by atoms with E-state index in [1.165, 1.54) is 28.7 Å². The van der Waals surface area contributed by atoms with Crippen molar-refractivity contribution in [3.63, 3.8) is 0 Å². The fourth-order valence-electron chi connectivity index (χ4n) is 1.61. The Bertz CT molecular complexity index is 585. The van der Waals surface area contributed by atoms with Gasteiger partial charge >= 0.3 is 0 Å². The number of hydrogen-bond donors (Lipinski definition) is 0. The molecule has 17 heavy (non-hydrogen) atoms. The fourth-order valence-corrected chi connectivity index (χ4v) is 2.29. The molecule has 1 atom stereocenters. The van der Waals surface area contributed by atoms with E-state index in [-0.39, 0.29) is 5.91 Å². The summed E-state index contributed by atoms with van der Waals surface area (Å²) in [6, 6.07) is 1.87. The van der Waals surface area contributed by atoms with Crippen LogP contribution in [0.1, 0.15) is 11.5 Å². The summed E-state index contributed by atoms with van der Waals surface area (Å²) < 4.78 is 0. The molecule has 0 saturated carbocycles. The van der Waals surface area contributed by atoms with Gasteiger partial charge < -0.3 is 0 Å². The molecule has 8 heteroatoms. The Labute approximate surface area is 99.5 Å². The van der Waals surface area contributed by atoms with E-state index in [9.17, 15) is 4.79 Å². The number of rotatable bonds is 2. The van der Waals surface area contributed by atoms with Gasteiger partial charge in [0.2, 0.25) is 0 Å². The van der Waals surface area contributed by atoms with Gasteiger partial charge in [0.15, 0.2) is 6.33 Å². The maximum Gasteiger partial charge on any atom is 0.278 e. The number of thiophene rings is 1. The number of carbonyl (C=O) groups excluding carboxylic acids is 1. The first kappa shape index (κ1) is 9.97. The zero-order valence-corrected chi connectivity index (χ0v) is 9.28. The second-order valence-corrected chi connectivity index (χ2v) is 4.10. The maximum atomic E-state index is 11.8. The molecule has 3 heterocycles. The summed E-state index contributed by atoms with van der Waals surface area (Å²) in [4.78, 5) is 13.1. The lowest BCUT2D eigenvalue weighted by molar-refractivity contribution is -0.118. The Hall–Kier alpha value is -2.22. The molecule has 0 fully saturated rings. The average molecular weight is 246 g/mol. The van der Waals surface area contributed by atoms with Gasteiger partial charge in [0, 0.05) is 0 Å². The lowest BCUT2D eigenvalue weighted by atomic mass is 9.98. The van der Waals surface area contributed by atoms with Crippen LogP contribution in [0, 0.1) is 0 Å². The summed E-state index contributed by atoms with van der Waals surface area (Å²) in [5.74, 6) is -0.828.